The van der Waals surface area contributed by atoms with Crippen molar-refractivity contribution in [2.75, 3.05) is 7.11 Å². The van der Waals surface area contributed by atoms with Crippen LogP contribution in [0.3, 0.4) is 0 Å². The van der Waals surface area contributed by atoms with Crippen molar-refractivity contribution in [1.29, 1.82) is 5.41 Å². The lowest BCUT2D eigenvalue weighted by Crippen LogP contribution is -2.20. The van der Waals surface area contributed by atoms with E-state index in [1.165, 1.54) is 30.1 Å². The lowest BCUT2D eigenvalue weighted by molar-refractivity contribution is 0.404. The first-order valence-electron chi connectivity index (χ1n) is 8.72. The summed E-state index contributed by atoms with van der Waals surface area (Å²) in [7, 11) is 1.38. The van der Waals surface area contributed by atoms with Gasteiger partial charge in [-0.25, -0.2) is 9.07 Å². The third-order valence-corrected chi connectivity index (χ3v) is 4.28. The largest absolute Gasteiger partial charge is 0.491 e. The molecule has 5 nitrogen and oxygen atoms in total. The summed E-state index contributed by atoms with van der Waals surface area (Å²) in [6.45, 7) is 1.85. The van der Waals surface area contributed by atoms with Crippen molar-refractivity contribution in [3.63, 3.8) is 0 Å². The summed E-state index contributed by atoms with van der Waals surface area (Å²) < 4.78 is 20.9. The Labute approximate surface area is 162 Å². The highest BCUT2D eigenvalue weighted by atomic mass is 19.1. The maximum absolute atomic E-state index is 14.4. The molecule has 0 saturated heterocycles. The summed E-state index contributed by atoms with van der Waals surface area (Å²) in [5.74, 6) is -0.412. The number of nitrogens with one attached hydrogen (secondary N) is 1. The molecule has 0 aliphatic carbocycles. The first-order valence-corrected chi connectivity index (χ1v) is 8.72. The smallest absolute Gasteiger partial charge is 0.249 e. The summed E-state index contributed by atoms with van der Waals surface area (Å²) in [4.78, 5) is 12.8. The molecule has 0 aliphatic heterocycles. The molecule has 142 valence electrons. The van der Waals surface area contributed by atoms with Gasteiger partial charge in [0.1, 0.15) is 17.2 Å². The summed E-state index contributed by atoms with van der Waals surface area (Å²) in [5.41, 5.74) is 2.30. The van der Waals surface area contributed by atoms with E-state index in [0.717, 1.165) is 17.3 Å². The van der Waals surface area contributed by atoms with Gasteiger partial charge >= 0.3 is 0 Å². The zero-order valence-corrected chi connectivity index (χ0v) is 15.6. The molecule has 0 fully saturated rings. The molecular formula is C22H20FN3O2. The van der Waals surface area contributed by atoms with Crippen molar-refractivity contribution in [2.24, 2.45) is 0 Å². The third kappa shape index (κ3) is 4.06. The van der Waals surface area contributed by atoms with Crippen LogP contribution < -0.4 is 10.2 Å². The van der Waals surface area contributed by atoms with E-state index in [-0.39, 0.29) is 17.1 Å². The van der Waals surface area contributed by atoms with Gasteiger partial charge in [-0.1, -0.05) is 36.4 Å². The van der Waals surface area contributed by atoms with Gasteiger partial charge < -0.3 is 10.1 Å². The number of nitrogens with zero attached hydrogens (tertiary/aromatic N) is 2. The zero-order valence-electron chi connectivity index (χ0n) is 15.6. The molecule has 0 bridgehead atoms. The van der Waals surface area contributed by atoms with Crippen LogP contribution in [0.4, 0.5) is 4.39 Å². The fourth-order valence-electron chi connectivity index (χ4n) is 2.88. The van der Waals surface area contributed by atoms with Crippen molar-refractivity contribution < 1.29 is 9.13 Å². The second-order valence-corrected chi connectivity index (χ2v) is 6.30. The molecule has 28 heavy (non-hydrogen) atoms. The van der Waals surface area contributed by atoms with Crippen LogP contribution in [0.25, 0.3) is 11.3 Å². The van der Waals surface area contributed by atoms with Crippen LogP contribution >= 0.6 is 0 Å². The minimum absolute atomic E-state index is 0.0508. The van der Waals surface area contributed by atoms with E-state index in [1.807, 2.05) is 37.3 Å². The van der Waals surface area contributed by atoms with Crippen LogP contribution in [0.2, 0.25) is 0 Å². The van der Waals surface area contributed by atoms with E-state index in [1.54, 1.807) is 12.1 Å². The molecule has 1 N–H and O–H groups in total. The van der Waals surface area contributed by atoms with Crippen LogP contribution in [-0.4, -0.2) is 23.1 Å². The number of halogens is 1. The summed E-state index contributed by atoms with van der Waals surface area (Å²) in [6, 6.07) is 14.2. The number of methoxy groups -OCH3 is 1. The normalized spacial score (nSPS) is 11.3. The van der Waals surface area contributed by atoms with Crippen molar-refractivity contribution in [3.8, 4) is 11.4 Å². The molecule has 1 aromatic heterocycles. The van der Waals surface area contributed by atoms with E-state index in [4.69, 9.17) is 10.1 Å². The Morgan fingerprint density at radius 2 is 2.00 bits per heavy atom. The van der Waals surface area contributed by atoms with E-state index in [2.05, 4.69) is 5.10 Å². The van der Waals surface area contributed by atoms with Crippen molar-refractivity contribution in [2.45, 2.75) is 13.3 Å². The maximum Gasteiger partial charge on any atom is 0.249 e. The minimum Gasteiger partial charge on any atom is -0.491 e. The van der Waals surface area contributed by atoms with Gasteiger partial charge in [-0.2, -0.15) is 5.10 Å². The van der Waals surface area contributed by atoms with Crippen molar-refractivity contribution in [1.82, 2.24) is 9.78 Å². The standard InChI is InChI=1S/C22H20FN3O2/c1-15-8-9-18(23)19(12-15)26-14-20(28-2)22(27)21(25-26)17(10-11-24)13-16-6-4-3-5-7-16/h3-12,14,24H,13H2,1-2H3/b17-10+,24-11?. The topological polar surface area (TPSA) is 68.0 Å². The van der Waals surface area contributed by atoms with Crippen LogP contribution in [0.5, 0.6) is 5.75 Å². The highest BCUT2D eigenvalue weighted by Gasteiger charge is 2.17. The van der Waals surface area contributed by atoms with Gasteiger partial charge in [-0.05, 0) is 48.3 Å². The molecule has 0 saturated carbocycles. The molecular weight excluding hydrogens is 357 g/mol. The quantitative estimate of drug-likeness (QED) is 0.661. The van der Waals surface area contributed by atoms with Gasteiger partial charge in [0.15, 0.2) is 5.75 Å². The monoisotopic (exact) mass is 377 g/mol. The van der Waals surface area contributed by atoms with E-state index < -0.39 is 11.2 Å². The van der Waals surface area contributed by atoms with Crippen molar-refractivity contribution in [3.05, 3.63) is 93.7 Å². The number of ether oxygens (including phenoxy) is 1. The molecule has 1 heterocycles. The molecule has 0 atom stereocenters. The highest BCUT2D eigenvalue weighted by molar-refractivity contribution is 5.82. The number of aryl methyl sites for hydroxylation is 1. The molecule has 2 aromatic carbocycles. The van der Waals surface area contributed by atoms with Crippen LogP contribution in [0.15, 0.2) is 65.6 Å². The van der Waals surface area contributed by atoms with Gasteiger partial charge in [0.05, 0.1) is 13.3 Å². The van der Waals surface area contributed by atoms with Crippen molar-refractivity contribution >= 4 is 11.8 Å². The Balaban J connectivity index is 2.18. The Hall–Kier alpha value is -3.54. The lowest BCUT2D eigenvalue weighted by atomic mass is 10.0. The zero-order chi connectivity index (χ0) is 20.1. The van der Waals surface area contributed by atoms with E-state index >= 15 is 0 Å². The highest BCUT2D eigenvalue weighted by Crippen LogP contribution is 2.20. The van der Waals surface area contributed by atoms with E-state index in [0.29, 0.717) is 12.0 Å². The molecule has 0 unspecified atom stereocenters. The lowest BCUT2D eigenvalue weighted by Gasteiger charge is -2.13. The first kappa shape index (κ1) is 19.2. The Kier molecular flexibility index (Phi) is 5.79. The third-order valence-electron chi connectivity index (χ3n) is 4.28. The predicted octanol–water partition coefficient (Wildman–Crippen LogP) is 3.96. The van der Waals surface area contributed by atoms with Crippen LogP contribution in [0, 0.1) is 18.2 Å². The SMILES string of the molecule is COc1cn(-c2cc(C)ccc2F)nc(/C(=C/C=N)Cc2ccccc2)c1=O. The van der Waals surface area contributed by atoms with Gasteiger partial charge in [-0.3, -0.25) is 4.79 Å². The second-order valence-electron chi connectivity index (χ2n) is 6.30. The number of benzene rings is 2. The maximum atomic E-state index is 14.4. The van der Waals surface area contributed by atoms with Gasteiger partial charge in [0, 0.05) is 6.21 Å². The van der Waals surface area contributed by atoms with E-state index in [9.17, 15) is 9.18 Å². The first-order chi connectivity index (χ1) is 13.5. The Morgan fingerprint density at radius 1 is 1.25 bits per heavy atom. The van der Waals surface area contributed by atoms with Gasteiger partial charge in [0.25, 0.3) is 0 Å². The minimum atomic E-state index is -0.463. The number of aromatic nitrogens is 2. The summed E-state index contributed by atoms with van der Waals surface area (Å²) >= 11 is 0. The molecule has 3 rings (SSSR count). The molecule has 0 spiro atoms. The predicted molar refractivity (Wildman–Crippen MR) is 108 cm³/mol. The van der Waals surface area contributed by atoms with Crippen LogP contribution in [0.1, 0.15) is 16.8 Å². The molecule has 6 heteroatoms. The van der Waals surface area contributed by atoms with Gasteiger partial charge in [0.2, 0.25) is 5.43 Å². The van der Waals surface area contributed by atoms with Gasteiger partial charge in [-0.15, -0.1) is 0 Å². The number of hydrogen-bond acceptors (Lipinski definition) is 4. The summed E-state index contributed by atoms with van der Waals surface area (Å²) in [6.07, 6.45) is 4.40. The Morgan fingerprint density at radius 3 is 2.68 bits per heavy atom. The molecule has 0 aliphatic rings. The second kappa shape index (κ2) is 8.43. The fraction of sp³-hybridized carbons (Fsp3) is 0.136. The molecule has 0 amide bonds. The number of allylic oxidation sites excluding steroid dienone is 2. The van der Waals surface area contributed by atoms with Crippen LogP contribution in [-0.2, 0) is 6.42 Å². The fourth-order valence-corrected chi connectivity index (χ4v) is 2.88. The average Bonchev–Trinajstić information content (AvgIpc) is 2.70. The Bertz CT molecular complexity index is 1090. The molecule has 0 radical (unpaired) electrons. The summed E-state index contributed by atoms with van der Waals surface area (Å²) in [5, 5.41) is 11.8. The number of hydrogen-bond donors (Lipinski definition) is 1. The molecule has 3 aromatic rings. The number of rotatable bonds is 6. The average molecular weight is 377 g/mol.